The molecule has 6 nitrogen and oxygen atoms in total. The summed E-state index contributed by atoms with van der Waals surface area (Å²) in [6, 6.07) is 28.3. The molecular formula is C29H27NO5S. The minimum absolute atomic E-state index is 0.125. The lowest BCUT2D eigenvalue weighted by atomic mass is 9.92. The molecule has 0 unspecified atom stereocenters. The zero-order valence-electron chi connectivity index (χ0n) is 20.1. The van der Waals surface area contributed by atoms with Crippen LogP contribution in [0.2, 0.25) is 0 Å². The van der Waals surface area contributed by atoms with Gasteiger partial charge in [0.1, 0.15) is 11.2 Å². The van der Waals surface area contributed by atoms with E-state index in [0.29, 0.717) is 23.5 Å². The average Bonchev–Trinajstić information content (AvgIpc) is 3.29. The third-order valence-corrected chi connectivity index (χ3v) is 7.80. The largest absolute Gasteiger partial charge is 0.493 e. The molecule has 1 heterocycles. The highest BCUT2D eigenvalue weighted by molar-refractivity contribution is 7.89. The minimum Gasteiger partial charge on any atom is -0.493 e. The lowest BCUT2D eigenvalue weighted by Crippen LogP contribution is -2.29. The lowest BCUT2D eigenvalue weighted by molar-refractivity contribution is 0.354. The van der Waals surface area contributed by atoms with Crippen molar-refractivity contribution in [2.75, 3.05) is 20.8 Å². The molecule has 0 amide bonds. The van der Waals surface area contributed by atoms with E-state index in [0.717, 1.165) is 27.5 Å². The number of sulfonamides is 1. The van der Waals surface area contributed by atoms with E-state index in [-0.39, 0.29) is 17.4 Å². The van der Waals surface area contributed by atoms with Crippen LogP contribution in [0.15, 0.2) is 100 Å². The van der Waals surface area contributed by atoms with Crippen LogP contribution in [0, 0.1) is 0 Å². The van der Waals surface area contributed by atoms with Crippen molar-refractivity contribution in [1.29, 1.82) is 0 Å². The number of ether oxygens (including phenoxy) is 2. The van der Waals surface area contributed by atoms with Gasteiger partial charge in [-0.1, -0.05) is 54.6 Å². The number of hydrogen-bond donors (Lipinski definition) is 1. The Morgan fingerprint density at radius 3 is 2.28 bits per heavy atom. The molecule has 7 heteroatoms. The van der Waals surface area contributed by atoms with Gasteiger partial charge >= 0.3 is 0 Å². The topological polar surface area (TPSA) is 77.8 Å². The van der Waals surface area contributed by atoms with Gasteiger partial charge in [-0.2, -0.15) is 0 Å². The first kappa shape index (κ1) is 23.9. The number of nitrogens with one attached hydrogen (secondary N) is 1. The summed E-state index contributed by atoms with van der Waals surface area (Å²) in [5.41, 5.74) is 3.45. The van der Waals surface area contributed by atoms with Gasteiger partial charge in [-0.15, -0.1) is 0 Å². The predicted molar refractivity (Wildman–Crippen MR) is 141 cm³/mol. The summed E-state index contributed by atoms with van der Waals surface area (Å²) >= 11 is 0. The SMILES string of the molecule is COc1ccc([C@@H](CNS(=O)(=O)c2ccc3oc4ccccc4c3c2)Cc2ccccc2)cc1OC. The maximum absolute atomic E-state index is 13.4. The first-order chi connectivity index (χ1) is 17.5. The fourth-order valence-electron chi connectivity index (χ4n) is 4.48. The van der Waals surface area contributed by atoms with Gasteiger partial charge in [0.15, 0.2) is 11.5 Å². The van der Waals surface area contributed by atoms with Crippen LogP contribution in [-0.4, -0.2) is 29.2 Å². The number of furan rings is 1. The molecule has 0 bridgehead atoms. The lowest BCUT2D eigenvalue weighted by Gasteiger charge is -2.20. The van der Waals surface area contributed by atoms with E-state index in [9.17, 15) is 8.42 Å². The average molecular weight is 502 g/mol. The van der Waals surface area contributed by atoms with Crippen LogP contribution in [0.3, 0.4) is 0 Å². The highest BCUT2D eigenvalue weighted by atomic mass is 32.2. The fraction of sp³-hybridized carbons (Fsp3) is 0.172. The van der Waals surface area contributed by atoms with Crippen molar-refractivity contribution in [1.82, 2.24) is 4.72 Å². The molecule has 0 radical (unpaired) electrons. The van der Waals surface area contributed by atoms with Crippen LogP contribution in [-0.2, 0) is 16.4 Å². The molecule has 184 valence electrons. The second-order valence-corrected chi connectivity index (χ2v) is 10.4. The molecule has 1 aromatic heterocycles. The van der Waals surface area contributed by atoms with Crippen LogP contribution < -0.4 is 14.2 Å². The van der Waals surface area contributed by atoms with Gasteiger partial charge in [0, 0.05) is 23.2 Å². The molecule has 4 aromatic carbocycles. The van der Waals surface area contributed by atoms with Gasteiger partial charge in [0.2, 0.25) is 10.0 Å². The van der Waals surface area contributed by atoms with Crippen LogP contribution in [0.1, 0.15) is 17.0 Å². The summed E-state index contributed by atoms with van der Waals surface area (Å²) in [6.45, 7) is 0.219. The molecule has 36 heavy (non-hydrogen) atoms. The van der Waals surface area contributed by atoms with Gasteiger partial charge in [-0.3, -0.25) is 0 Å². The van der Waals surface area contributed by atoms with Crippen LogP contribution in [0.4, 0.5) is 0 Å². The van der Waals surface area contributed by atoms with Crippen molar-refractivity contribution in [2.45, 2.75) is 17.2 Å². The quantitative estimate of drug-likeness (QED) is 0.272. The molecule has 0 spiro atoms. The zero-order chi connectivity index (χ0) is 25.1. The number of benzene rings is 4. The maximum Gasteiger partial charge on any atom is 0.240 e. The molecule has 5 aromatic rings. The summed E-state index contributed by atoms with van der Waals surface area (Å²) in [6.07, 6.45) is 0.657. The Bertz CT molecular complexity index is 1610. The van der Waals surface area contributed by atoms with Crippen molar-refractivity contribution in [3.05, 3.63) is 102 Å². The zero-order valence-corrected chi connectivity index (χ0v) is 20.9. The van der Waals surface area contributed by atoms with Gasteiger partial charge < -0.3 is 13.9 Å². The van der Waals surface area contributed by atoms with Gasteiger partial charge in [-0.25, -0.2) is 13.1 Å². The number of para-hydroxylation sites is 1. The minimum atomic E-state index is -3.77. The molecule has 0 aliphatic carbocycles. The van der Waals surface area contributed by atoms with Crippen LogP contribution >= 0.6 is 0 Å². The van der Waals surface area contributed by atoms with E-state index < -0.39 is 10.0 Å². The molecule has 1 N–H and O–H groups in total. The Balaban J connectivity index is 1.45. The molecule has 5 rings (SSSR count). The normalized spacial score (nSPS) is 12.6. The number of rotatable bonds is 9. The Morgan fingerprint density at radius 1 is 0.778 bits per heavy atom. The second kappa shape index (κ2) is 10.0. The van der Waals surface area contributed by atoms with E-state index in [4.69, 9.17) is 13.9 Å². The molecular weight excluding hydrogens is 474 g/mol. The standard InChI is InChI=1S/C29H27NO5S/c1-33-28-14-12-21(17-29(28)34-2)22(16-20-8-4-3-5-9-20)19-30-36(31,32)23-13-15-27-25(18-23)24-10-6-7-11-26(24)35-27/h3-15,17-18,22,30H,16,19H2,1-2H3/t22-/m1/s1. The van der Waals surface area contributed by atoms with Gasteiger partial charge in [-0.05, 0) is 53.9 Å². The number of fused-ring (bicyclic) bond motifs is 3. The second-order valence-electron chi connectivity index (χ2n) is 8.61. The predicted octanol–water partition coefficient (Wildman–Crippen LogP) is 5.91. The summed E-state index contributed by atoms with van der Waals surface area (Å²) in [4.78, 5) is 0.201. The number of hydrogen-bond acceptors (Lipinski definition) is 5. The summed E-state index contributed by atoms with van der Waals surface area (Å²) in [7, 11) is -0.590. The van der Waals surface area contributed by atoms with Crippen molar-refractivity contribution < 1.29 is 22.3 Å². The highest BCUT2D eigenvalue weighted by Gasteiger charge is 2.21. The molecule has 0 aliphatic heterocycles. The summed E-state index contributed by atoms with van der Waals surface area (Å²) in [5.74, 6) is 1.11. The first-order valence-corrected chi connectivity index (χ1v) is 13.1. The Hall–Kier alpha value is -3.81. The monoisotopic (exact) mass is 501 g/mol. The maximum atomic E-state index is 13.4. The molecule has 1 atom stereocenters. The van der Waals surface area contributed by atoms with Crippen molar-refractivity contribution in [2.24, 2.45) is 0 Å². The summed E-state index contributed by atoms with van der Waals surface area (Å²) in [5, 5.41) is 1.66. The Labute approximate surface area is 210 Å². The van der Waals surface area contributed by atoms with E-state index in [2.05, 4.69) is 4.72 Å². The molecule has 0 saturated heterocycles. The van der Waals surface area contributed by atoms with E-state index in [1.165, 1.54) is 0 Å². The fourth-order valence-corrected chi connectivity index (χ4v) is 5.59. The first-order valence-electron chi connectivity index (χ1n) is 11.7. The van der Waals surface area contributed by atoms with Crippen LogP contribution in [0.5, 0.6) is 11.5 Å². The van der Waals surface area contributed by atoms with Gasteiger partial charge in [0.25, 0.3) is 0 Å². The van der Waals surface area contributed by atoms with Crippen molar-refractivity contribution in [3.8, 4) is 11.5 Å². The Morgan fingerprint density at radius 2 is 1.50 bits per heavy atom. The van der Waals surface area contributed by atoms with Gasteiger partial charge in [0.05, 0.1) is 19.1 Å². The highest BCUT2D eigenvalue weighted by Crippen LogP contribution is 2.33. The molecule has 0 fully saturated rings. The van der Waals surface area contributed by atoms with Crippen molar-refractivity contribution >= 4 is 32.0 Å². The third kappa shape index (κ3) is 4.80. The summed E-state index contributed by atoms with van der Waals surface area (Å²) < 4.78 is 46.3. The smallest absolute Gasteiger partial charge is 0.240 e. The molecule has 0 aliphatic rings. The Kier molecular flexibility index (Phi) is 6.67. The van der Waals surface area contributed by atoms with E-state index in [1.807, 2.05) is 72.8 Å². The van der Waals surface area contributed by atoms with Crippen LogP contribution in [0.25, 0.3) is 21.9 Å². The molecule has 0 saturated carbocycles. The number of methoxy groups -OCH3 is 2. The third-order valence-electron chi connectivity index (χ3n) is 6.38. The van der Waals surface area contributed by atoms with Crippen molar-refractivity contribution in [3.63, 3.8) is 0 Å². The van der Waals surface area contributed by atoms with E-state index >= 15 is 0 Å². The van der Waals surface area contributed by atoms with E-state index in [1.54, 1.807) is 32.4 Å².